The maximum Gasteiger partial charge on any atom is 0.250 e. The highest BCUT2D eigenvalue weighted by Gasteiger charge is 2.53. The van der Waals surface area contributed by atoms with E-state index in [2.05, 4.69) is 37.5 Å². The molecule has 26 heavy (non-hydrogen) atoms. The Morgan fingerprint density at radius 3 is 2.54 bits per heavy atom. The second-order valence-corrected chi connectivity index (χ2v) is 10.4. The van der Waals surface area contributed by atoms with E-state index < -0.39 is 10.0 Å². The third-order valence-electron chi connectivity index (χ3n) is 4.65. The summed E-state index contributed by atoms with van der Waals surface area (Å²) in [6.07, 6.45) is 4.08. The summed E-state index contributed by atoms with van der Waals surface area (Å²) in [6, 6.07) is 13.3. The Hall–Kier alpha value is -1.61. The van der Waals surface area contributed by atoms with Gasteiger partial charge in [-0.1, -0.05) is 37.3 Å². The summed E-state index contributed by atoms with van der Waals surface area (Å²) in [7, 11) is -3.57. The number of thiophene rings is 1. The predicted molar refractivity (Wildman–Crippen MR) is 106 cm³/mol. The molecule has 0 saturated heterocycles. The molecular formula is C18H16BrN3O2S2. The van der Waals surface area contributed by atoms with Crippen LogP contribution in [0.25, 0.3) is 10.7 Å². The van der Waals surface area contributed by atoms with Crippen molar-refractivity contribution in [3.8, 4) is 10.7 Å². The monoisotopic (exact) mass is 449 g/mol. The number of hydrogen-bond acceptors (Lipinski definition) is 5. The Morgan fingerprint density at radius 2 is 1.85 bits per heavy atom. The molecule has 0 amide bonds. The van der Waals surface area contributed by atoms with Crippen LogP contribution in [-0.2, 0) is 15.4 Å². The quantitative estimate of drug-likeness (QED) is 0.639. The van der Waals surface area contributed by atoms with Crippen LogP contribution in [0.5, 0.6) is 0 Å². The summed E-state index contributed by atoms with van der Waals surface area (Å²) in [5.74, 6) is 0.514. The SMILES string of the molecule is C[C@]1(c2ccccc2)C[C@@H]1NS(=O)(=O)c1ccc(-c2ncc(Br)cn2)s1. The zero-order valence-electron chi connectivity index (χ0n) is 13.9. The van der Waals surface area contributed by atoms with E-state index in [0.717, 1.165) is 21.3 Å². The number of aromatic nitrogens is 2. The molecule has 3 aromatic rings. The Morgan fingerprint density at radius 1 is 1.15 bits per heavy atom. The number of sulfonamides is 1. The number of benzene rings is 1. The lowest BCUT2D eigenvalue weighted by Gasteiger charge is -2.12. The first-order chi connectivity index (χ1) is 12.4. The summed E-state index contributed by atoms with van der Waals surface area (Å²) in [4.78, 5) is 9.16. The van der Waals surface area contributed by atoms with Crippen molar-refractivity contribution in [2.75, 3.05) is 0 Å². The van der Waals surface area contributed by atoms with E-state index in [1.165, 1.54) is 11.3 Å². The first-order valence-corrected chi connectivity index (χ1v) is 11.1. The molecule has 0 unspecified atom stereocenters. The van der Waals surface area contributed by atoms with Crippen molar-refractivity contribution in [3.63, 3.8) is 0 Å². The summed E-state index contributed by atoms with van der Waals surface area (Å²) in [5.41, 5.74) is 1.01. The molecule has 1 fully saturated rings. The summed E-state index contributed by atoms with van der Waals surface area (Å²) < 4.78 is 29.4. The highest BCUT2D eigenvalue weighted by molar-refractivity contribution is 9.10. The topological polar surface area (TPSA) is 72.0 Å². The van der Waals surface area contributed by atoms with Crippen LogP contribution in [-0.4, -0.2) is 24.4 Å². The minimum atomic E-state index is -3.57. The molecule has 1 saturated carbocycles. The van der Waals surface area contributed by atoms with Gasteiger partial charge in [0, 0.05) is 23.9 Å². The van der Waals surface area contributed by atoms with E-state index in [1.54, 1.807) is 24.5 Å². The molecule has 1 N–H and O–H groups in total. The van der Waals surface area contributed by atoms with Crippen molar-refractivity contribution in [1.82, 2.24) is 14.7 Å². The number of nitrogens with one attached hydrogen (secondary N) is 1. The predicted octanol–water partition coefficient (Wildman–Crippen LogP) is 3.98. The van der Waals surface area contributed by atoms with Gasteiger partial charge >= 0.3 is 0 Å². The van der Waals surface area contributed by atoms with Gasteiger partial charge in [-0.15, -0.1) is 11.3 Å². The lowest BCUT2D eigenvalue weighted by atomic mass is 9.98. The summed E-state index contributed by atoms with van der Waals surface area (Å²) in [6.45, 7) is 2.09. The van der Waals surface area contributed by atoms with Gasteiger partial charge in [-0.2, -0.15) is 0 Å². The number of nitrogens with zero attached hydrogens (tertiary/aromatic N) is 2. The fraction of sp³-hybridized carbons (Fsp3) is 0.222. The Kier molecular flexibility index (Phi) is 4.46. The third kappa shape index (κ3) is 3.34. The van der Waals surface area contributed by atoms with Crippen LogP contribution in [0.1, 0.15) is 18.9 Å². The molecule has 1 aromatic carbocycles. The molecule has 0 spiro atoms. The molecule has 4 rings (SSSR count). The smallest absolute Gasteiger partial charge is 0.235 e. The van der Waals surface area contributed by atoms with Crippen LogP contribution in [0.3, 0.4) is 0 Å². The molecule has 5 nitrogen and oxygen atoms in total. The van der Waals surface area contributed by atoms with Crippen molar-refractivity contribution >= 4 is 37.3 Å². The fourth-order valence-corrected chi connectivity index (χ4v) is 5.77. The maximum absolute atomic E-state index is 12.8. The van der Waals surface area contributed by atoms with E-state index in [4.69, 9.17) is 0 Å². The van der Waals surface area contributed by atoms with Gasteiger partial charge in [0.1, 0.15) is 4.21 Å². The Balaban J connectivity index is 1.52. The molecule has 1 aliphatic rings. The molecule has 0 radical (unpaired) electrons. The van der Waals surface area contributed by atoms with Crippen molar-refractivity contribution in [2.45, 2.75) is 29.0 Å². The van der Waals surface area contributed by atoms with E-state index in [0.29, 0.717) is 5.82 Å². The standard InChI is InChI=1S/C18H16BrN3O2S2/c1-18(12-5-3-2-4-6-12)9-15(18)22-26(23,24)16-8-7-14(25-16)17-20-10-13(19)11-21-17/h2-8,10-11,15,22H,9H2,1H3/t15-,18+/m0/s1. The number of rotatable bonds is 5. The summed E-state index contributed by atoms with van der Waals surface area (Å²) >= 11 is 4.47. The van der Waals surface area contributed by atoms with Gasteiger partial charge < -0.3 is 0 Å². The van der Waals surface area contributed by atoms with Crippen LogP contribution in [0, 0.1) is 0 Å². The molecule has 2 aromatic heterocycles. The van der Waals surface area contributed by atoms with Gasteiger partial charge in [0.15, 0.2) is 5.82 Å². The molecular weight excluding hydrogens is 434 g/mol. The van der Waals surface area contributed by atoms with Crippen LogP contribution in [0.4, 0.5) is 0 Å². The van der Waals surface area contributed by atoms with Gasteiger partial charge in [-0.25, -0.2) is 23.1 Å². The van der Waals surface area contributed by atoms with Crippen LogP contribution >= 0.6 is 27.3 Å². The van der Waals surface area contributed by atoms with E-state index in [9.17, 15) is 8.42 Å². The minimum absolute atomic E-state index is 0.0932. The molecule has 1 aliphatic carbocycles. The zero-order chi connectivity index (χ0) is 18.4. The molecule has 0 bridgehead atoms. The Labute approximate surface area is 164 Å². The average Bonchev–Trinajstić information content (AvgIpc) is 3.06. The van der Waals surface area contributed by atoms with E-state index in [1.807, 2.05) is 30.3 Å². The molecule has 2 heterocycles. The first kappa shape index (κ1) is 17.8. The lowest BCUT2D eigenvalue weighted by molar-refractivity contribution is 0.576. The van der Waals surface area contributed by atoms with Crippen molar-refractivity contribution in [3.05, 3.63) is 64.9 Å². The van der Waals surface area contributed by atoms with Crippen molar-refractivity contribution < 1.29 is 8.42 Å². The normalized spacial score (nSPS) is 22.3. The lowest BCUT2D eigenvalue weighted by Crippen LogP contribution is -2.29. The maximum atomic E-state index is 12.8. The average molecular weight is 450 g/mol. The van der Waals surface area contributed by atoms with Gasteiger partial charge in [-0.05, 0) is 40.0 Å². The molecule has 0 aliphatic heterocycles. The highest BCUT2D eigenvalue weighted by Crippen LogP contribution is 2.48. The van der Waals surface area contributed by atoms with Crippen molar-refractivity contribution in [2.24, 2.45) is 0 Å². The zero-order valence-corrected chi connectivity index (χ0v) is 17.1. The number of halogens is 1. The van der Waals surface area contributed by atoms with Gasteiger partial charge in [0.25, 0.3) is 0 Å². The van der Waals surface area contributed by atoms with E-state index >= 15 is 0 Å². The Bertz CT molecular complexity index is 1040. The second kappa shape index (κ2) is 6.53. The number of hydrogen-bond donors (Lipinski definition) is 1. The highest BCUT2D eigenvalue weighted by atomic mass is 79.9. The first-order valence-electron chi connectivity index (χ1n) is 8.04. The van der Waals surface area contributed by atoms with Gasteiger partial charge in [-0.3, -0.25) is 0 Å². The fourth-order valence-electron chi connectivity index (χ4n) is 2.94. The van der Waals surface area contributed by atoms with Crippen LogP contribution in [0.15, 0.2) is 63.5 Å². The van der Waals surface area contributed by atoms with E-state index in [-0.39, 0.29) is 15.7 Å². The van der Waals surface area contributed by atoms with Gasteiger partial charge in [0.2, 0.25) is 10.0 Å². The third-order valence-corrected chi connectivity index (χ3v) is 8.11. The second-order valence-electron chi connectivity index (χ2n) is 6.51. The summed E-state index contributed by atoms with van der Waals surface area (Å²) in [5, 5.41) is 0. The largest absolute Gasteiger partial charge is 0.250 e. The van der Waals surface area contributed by atoms with Crippen molar-refractivity contribution in [1.29, 1.82) is 0 Å². The molecule has 8 heteroatoms. The minimum Gasteiger partial charge on any atom is -0.235 e. The van der Waals surface area contributed by atoms with Crippen LogP contribution < -0.4 is 4.72 Å². The molecule has 134 valence electrons. The molecule has 2 atom stereocenters. The van der Waals surface area contributed by atoms with Crippen LogP contribution in [0.2, 0.25) is 0 Å². The van der Waals surface area contributed by atoms with Gasteiger partial charge in [0.05, 0.1) is 9.35 Å².